The Kier molecular flexibility index (Phi) is 3.78. The fraction of sp³-hybridized carbons (Fsp3) is 0.412. The van der Waals surface area contributed by atoms with Gasteiger partial charge >= 0.3 is 17.5 Å². The number of nitrogens with zero attached hydrogens (tertiary/aromatic N) is 5. The van der Waals surface area contributed by atoms with E-state index in [9.17, 15) is 9.59 Å². The highest BCUT2D eigenvalue weighted by Gasteiger charge is 2.65. The standard InChI is InChI=1S/C17H17N5O4/c1-3-25-15(23)17(16(24)26-4-2)14-13-12(9-22(14)21-20-17)18-10-7-5-6-8-11(10)19-13/h5-8,14H,3-4,9H2,1-2H3. The minimum absolute atomic E-state index is 0.110. The van der Waals surface area contributed by atoms with Gasteiger partial charge in [-0.25, -0.2) is 19.6 Å². The van der Waals surface area contributed by atoms with Gasteiger partial charge in [-0.2, -0.15) is 0 Å². The molecule has 0 aliphatic carbocycles. The van der Waals surface area contributed by atoms with Gasteiger partial charge in [-0.3, -0.25) is 5.01 Å². The van der Waals surface area contributed by atoms with E-state index < -0.39 is 23.5 Å². The quantitative estimate of drug-likeness (QED) is 0.607. The highest BCUT2D eigenvalue weighted by atomic mass is 16.6. The lowest BCUT2D eigenvalue weighted by Gasteiger charge is -2.26. The third-order valence-electron chi connectivity index (χ3n) is 4.43. The van der Waals surface area contributed by atoms with Crippen molar-refractivity contribution in [2.24, 2.45) is 10.3 Å². The van der Waals surface area contributed by atoms with Crippen LogP contribution in [-0.2, 0) is 25.6 Å². The summed E-state index contributed by atoms with van der Waals surface area (Å²) in [4.78, 5) is 34.7. The molecule has 26 heavy (non-hydrogen) atoms. The summed E-state index contributed by atoms with van der Waals surface area (Å²) >= 11 is 0. The number of fused-ring (bicyclic) bond motifs is 4. The van der Waals surface area contributed by atoms with Crippen LogP contribution in [0.1, 0.15) is 31.3 Å². The first-order chi connectivity index (χ1) is 12.6. The van der Waals surface area contributed by atoms with Crippen LogP contribution < -0.4 is 0 Å². The van der Waals surface area contributed by atoms with Crippen LogP contribution in [0.5, 0.6) is 0 Å². The minimum atomic E-state index is -1.92. The Hall–Kier alpha value is -3.10. The van der Waals surface area contributed by atoms with E-state index >= 15 is 0 Å². The van der Waals surface area contributed by atoms with Gasteiger partial charge in [0, 0.05) is 0 Å². The highest BCUT2D eigenvalue weighted by molar-refractivity contribution is 6.06. The van der Waals surface area contributed by atoms with E-state index in [0.717, 1.165) is 5.52 Å². The Morgan fingerprint density at radius 2 is 1.73 bits per heavy atom. The van der Waals surface area contributed by atoms with Gasteiger partial charge in [0.25, 0.3) is 0 Å². The normalized spacial score (nSPS) is 19.3. The maximum absolute atomic E-state index is 12.7. The summed E-state index contributed by atoms with van der Waals surface area (Å²) in [5, 5.41) is 9.58. The molecule has 2 aliphatic rings. The third-order valence-corrected chi connectivity index (χ3v) is 4.43. The van der Waals surface area contributed by atoms with Gasteiger partial charge in [0.1, 0.15) is 6.04 Å². The molecule has 0 saturated heterocycles. The molecule has 9 heteroatoms. The molecule has 1 atom stereocenters. The van der Waals surface area contributed by atoms with Crippen LogP contribution in [0.2, 0.25) is 0 Å². The van der Waals surface area contributed by atoms with Gasteiger partial charge in [0.05, 0.1) is 42.2 Å². The Bertz CT molecular complexity index is 911. The molecule has 0 spiro atoms. The Labute approximate surface area is 149 Å². The van der Waals surface area contributed by atoms with Crippen LogP contribution >= 0.6 is 0 Å². The topological polar surface area (TPSA) is 106 Å². The van der Waals surface area contributed by atoms with Crippen LogP contribution in [0.15, 0.2) is 34.6 Å². The molecule has 0 N–H and O–H groups in total. The number of hydrogen-bond acceptors (Lipinski definition) is 9. The number of hydrogen-bond donors (Lipinski definition) is 0. The predicted molar refractivity (Wildman–Crippen MR) is 88.7 cm³/mol. The SMILES string of the molecule is CCOC(=O)C1(C(=O)OCC)N=NN2Cc3nc4ccccc4nc3C21. The van der Waals surface area contributed by atoms with Crippen LogP contribution in [0.25, 0.3) is 11.0 Å². The van der Waals surface area contributed by atoms with Crippen molar-refractivity contribution in [1.29, 1.82) is 0 Å². The van der Waals surface area contributed by atoms with Gasteiger partial charge < -0.3 is 9.47 Å². The van der Waals surface area contributed by atoms with Crippen molar-refractivity contribution in [3.05, 3.63) is 35.7 Å². The largest absolute Gasteiger partial charge is 0.464 e. The van der Waals surface area contributed by atoms with Gasteiger partial charge in [0.2, 0.25) is 0 Å². The van der Waals surface area contributed by atoms with Crippen molar-refractivity contribution in [3.8, 4) is 0 Å². The Morgan fingerprint density at radius 3 is 2.35 bits per heavy atom. The van der Waals surface area contributed by atoms with Crippen LogP contribution in [0, 0.1) is 0 Å². The molecule has 134 valence electrons. The Morgan fingerprint density at radius 1 is 1.12 bits per heavy atom. The molecular formula is C17H17N5O4. The summed E-state index contributed by atoms with van der Waals surface area (Å²) in [7, 11) is 0. The first-order valence-corrected chi connectivity index (χ1v) is 8.41. The molecule has 2 aliphatic heterocycles. The summed E-state index contributed by atoms with van der Waals surface area (Å²) in [6.07, 6.45) is 0. The van der Waals surface area contributed by atoms with Crippen LogP contribution in [0.4, 0.5) is 0 Å². The van der Waals surface area contributed by atoms with Gasteiger partial charge in [-0.05, 0) is 26.0 Å². The van der Waals surface area contributed by atoms with Crippen molar-refractivity contribution in [3.63, 3.8) is 0 Å². The summed E-state index contributed by atoms with van der Waals surface area (Å²) < 4.78 is 10.3. The molecule has 0 fully saturated rings. The second-order valence-corrected chi connectivity index (χ2v) is 5.94. The molecule has 0 amide bonds. The van der Waals surface area contributed by atoms with Gasteiger partial charge in [0.15, 0.2) is 0 Å². The number of aromatic nitrogens is 2. The van der Waals surface area contributed by atoms with Crippen molar-refractivity contribution in [2.45, 2.75) is 32.0 Å². The van der Waals surface area contributed by atoms with Crippen LogP contribution in [-0.4, -0.2) is 45.7 Å². The molecular weight excluding hydrogens is 338 g/mol. The number of rotatable bonds is 4. The molecule has 0 saturated carbocycles. The monoisotopic (exact) mass is 355 g/mol. The number of para-hydroxylation sites is 2. The van der Waals surface area contributed by atoms with Crippen molar-refractivity contribution in [2.75, 3.05) is 13.2 Å². The lowest BCUT2D eigenvalue weighted by molar-refractivity contribution is -0.166. The molecule has 0 radical (unpaired) electrons. The zero-order valence-electron chi connectivity index (χ0n) is 14.4. The second-order valence-electron chi connectivity index (χ2n) is 5.94. The summed E-state index contributed by atoms with van der Waals surface area (Å²) in [5.41, 5.74) is 0.637. The lowest BCUT2D eigenvalue weighted by Crippen LogP contribution is -2.52. The predicted octanol–water partition coefficient (Wildman–Crippen LogP) is 1.73. The van der Waals surface area contributed by atoms with E-state index in [-0.39, 0.29) is 13.2 Å². The van der Waals surface area contributed by atoms with Crippen molar-refractivity contribution < 1.29 is 19.1 Å². The zero-order valence-corrected chi connectivity index (χ0v) is 14.4. The number of esters is 2. The van der Waals surface area contributed by atoms with Crippen LogP contribution in [0.3, 0.4) is 0 Å². The summed E-state index contributed by atoms with van der Waals surface area (Å²) in [5.74, 6) is -1.59. The maximum atomic E-state index is 12.7. The van der Waals surface area contributed by atoms with E-state index in [4.69, 9.17) is 9.47 Å². The van der Waals surface area contributed by atoms with E-state index in [0.29, 0.717) is 23.4 Å². The van der Waals surface area contributed by atoms with Gasteiger partial charge in [-0.1, -0.05) is 17.4 Å². The molecule has 4 rings (SSSR count). The fourth-order valence-electron chi connectivity index (χ4n) is 3.32. The van der Waals surface area contributed by atoms with Gasteiger partial charge in [-0.15, -0.1) is 5.11 Å². The number of ether oxygens (including phenoxy) is 2. The zero-order chi connectivity index (χ0) is 18.3. The molecule has 2 aromatic rings. The first-order valence-electron chi connectivity index (χ1n) is 8.41. The smallest absolute Gasteiger partial charge is 0.350 e. The lowest BCUT2D eigenvalue weighted by atomic mass is 9.89. The van der Waals surface area contributed by atoms with E-state index in [1.54, 1.807) is 13.8 Å². The molecule has 1 unspecified atom stereocenters. The summed E-state index contributed by atoms with van der Waals surface area (Å²) in [6, 6.07) is 6.58. The molecule has 0 bridgehead atoms. The minimum Gasteiger partial charge on any atom is -0.464 e. The average Bonchev–Trinajstić information content (AvgIpc) is 3.17. The third kappa shape index (κ3) is 2.16. The molecule has 9 nitrogen and oxygen atoms in total. The van der Waals surface area contributed by atoms with Crippen molar-refractivity contribution in [1.82, 2.24) is 15.0 Å². The van der Waals surface area contributed by atoms with E-state index in [1.807, 2.05) is 24.3 Å². The average molecular weight is 355 g/mol. The number of carbonyl (C=O) groups excluding carboxylic acids is 2. The number of benzene rings is 1. The van der Waals surface area contributed by atoms with E-state index in [1.165, 1.54) is 5.01 Å². The highest BCUT2D eigenvalue weighted by Crippen LogP contribution is 2.47. The Balaban J connectivity index is 1.87. The second kappa shape index (κ2) is 6.01. The fourth-order valence-corrected chi connectivity index (χ4v) is 3.32. The summed E-state index contributed by atoms with van der Waals surface area (Å²) in [6.45, 7) is 3.85. The van der Waals surface area contributed by atoms with E-state index in [2.05, 4.69) is 20.3 Å². The van der Waals surface area contributed by atoms with Crippen molar-refractivity contribution >= 4 is 23.0 Å². The number of carbonyl (C=O) groups is 2. The maximum Gasteiger partial charge on any atom is 0.350 e. The first kappa shape index (κ1) is 16.4. The molecule has 1 aromatic carbocycles. The molecule has 3 heterocycles. The molecule has 1 aromatic heterocycles.